The van der Waals surface area contributed by atoms with E-state index in [2.05, 4.69) is 5.32 Å². The number of amides is 4. The largest absolute Gasteiger partial charge is 0.442 e. The number of carbonyl (C=O) groups is 3. The molecule has 4 amide bonds. The second kappa shape index (κ2) is 11.4. The Kier molecular flexibility index (Phi) is 8.93. The van der Waals surface area contributed by atoms with E-state index in [4.69, 9.17) is 9.57 Å². The van der Waals surface area contributed by atoms with Gasteiger partial charge < -0.3 is 20.3 Å². The third kappa shape index (κ3) is 6.15. The fourth-order valence-corrected chi connectivity index (χ4v) is 3.11. The van der Waals surface area contributed by atoms with Crippen molar-refractivity contribution >= 4 is 29.4 Å². The highest BCUT2D eigenvalue weighted by Gasteiger charge is 2.33. The number of likely N-dealkylation sites (N-methyl/N-ethyl adjacent to an activating group) is 1. The molecule has 13 heteroatoms. The Hall–Kier alpha value is -3.22. The van der Waals surface area contributed by atoms with Crippen LogP contribution in [-0.2, 0) is 14.4 Å². The number of hydroxylamine groups is 2. The molecule has 0 radical (unpaired) electrons. The lowest BCUT2D eigenvalue weighted by Crippen LogP contribution is -2.42. The first-order valence-corrected chi connectivity index (χ1v) is 9.83. The molecule has 1 atom stereocenters. The maximum Gasteiger partial charge on any atom is 0.414 e. The number of anilines is 2. The van der Waals surface area contributed by atoms with E-state index in [1.165, 1.54) is 26.3 Å². The Labute approximate surface area is 183 Å². The van der Waals surface area contributed by atoms with Crippen molar-refractivity contribution in [3.63, 3.8) is 0 Å². The first kappa shape index (κ1) is 25.0. The van der Waals surface area contributed by atoms with Crippen LogP contribution in [0.15, 0.2) is 18.2 Å². The smallest absolute Gasteiger partial charge is 0.414 e. The first-order valence-electron chi connectivity index (χ1n) is 9.83. The summed E-state index contributed by atoms with van der Waals surface area (Å²) in [5.74, 6) is -2.06. The molecule has 0 saturated carbocycles. The summed E-state index contributed by atoms with van der Waals surface area (Å²) < 4.78 is 44.4. The van der Waals surface area contributed by atoms with Gasteiger partial charge in [0.15, 0.2) is 0 Å². The van der Waals surface area contributed by atoms with E-state index < -0.39 is 36.4 Å². The third-order valence-electron chi connectivity index (χ3n) is 4.78. The summed E-state index contributed by atoms with van der Waals surface area (Å²) in [6.07, 6.45) is -4.79. The summed E-state index contributed by atoms with van der Waals surface area (Å²) in [5, 5.41) is 5.52. The van der Waals surface area contributed by atoms with Gasteiger partial charge >= 0.3 is 18.5 Å². The molecule has 10 nitrogen and oxygen atoms in total. The first-order chi connectivity index (χ1) is 15.2. The van der Waals surface area contributed by atoms with E-state index in [0.29, 0.717) is 6.54 Å². The molecule has 0 aliphatic carbocycles. The van der Waals surface area contributed by atoms with Gasteiger partial charge in [-0.05, 0) is 25.1 Å². The number of halogens is 3. The van der Waals surface area contributed by atoms with Crippen LogP contribution in [0, 0.1) is 5.82 Å². The number of alkyl halides is 2. The van der Waals surface area contributed by atoms with Crippen molar-refractivity contribution in [1.82, 2.24) is 15.7 Å². The quantitative estimate of drug-likeness (QED) is 0.513. The molecule has 178 valence electrons. The summed E-state index contributed by atoms with van der Waals surface area (Å²) in [6, 6.07) is 3.73. The number of rotatable bonds is 10. The van der Waals surface area contributed by atoms with Crippen molar-refractivity contribution in [3.8, 4) is 0 Å². The molecule has 0 aromatic heterocycles. The Bertz CT molecular complexity index is 829. The van der Waals surface area contributed by atoms with Crippen LogP contribution in [0.5, 0.6) is 0 Å². The molecule has 1 saturated heterocycles. The van der Waals surface area contributed by atoms with Gasteiger partial charge in [-0.25, -0.2) is 19.0 Å². The fraction of sp³-hybridized carbons (Fsp3) is 0.526. The van der Waals surface area contributed by atoms with Gasteiger partial charge in [0.2, 0.25) is 0 Å². The zero-order valence-electron chi connectivity index (χ0n) is 17.9. The second-order valence-corrected chi connectivity index (χ2v) is 6.72. The Morgan fingerprint density at radius 2 is 2.06 bits per heavy atom. The van der Waals surface area contributed by atoms with Crippen LogP contribution in [0.1, 0.15) is 6.92 Å². The van der Waals surface area contributed by atoms with E-state index in [0.717, 1.165) is 16.0 Å². The lowest BCUT2D eigenvalue weighted by atomic mass is 10.2. The second-order valence-electron chi connectivity index (χ2n) is 6.72. The van der Waals surface area contributed by atoms with Crippen LogP contribution in [-0.4, -0.2) is 82.5 Å². The SMILES string of the molecule is CCN(CCN(OC)C(=O)NC)c1ccc(N2C[C@H](CNC(=O)C(F)F)OC2=O)cc1F. The van der Waals surface area contributed by atoms with Crippen LogP contribution in [0.3, 0.4) is 0 Å². The van der Waals surface area contributed by atoms with Crippen LogP contribution in [0.4, 0.5) is 34.1 Å². The van der Waals surface area contributed by atoms with Crippen molar-refractivity contribution in [2.75, 3.05) is 56.7 Å². The summed E-state index contributed by atoms with van der Waals surface area (Å²) in [5.41, 5.74) is 0.483. The topological polar surface area (TPSA) is 103 Å². The highest BCUT2D eigenvalue weighted by molar-refractivity contribution is 5.90. The van der Waals surface area contributed by atoms with Gasteiger partial charge in [0.1, 0.15) is 11.9 Å². The van der Waals surface area contributed by atoms with Crippen molar-refractivity contribution in [3.05, 3.63) is 24.0 Å². The number of hydrogen-bond donors (Lipinski definition) is 2. The van der Waals surface area contributed by atoms with E-state index in [9.17, 15) is 27.6 Å². The van der Waals surface area contributed by atoms with Gasteiger partial charge in [0.25, 0.3) is 5.91 Å². The molecule has 1 aromatic carbocycles. The molecule has 2 N–H and O–H groups in total. The number of benzene rings is 1. The fourth-order valence-electron chi connectivity index (χ4n) is 3.11. The minimum Gasteiger partial charge on any atom is -0.442 e. The molecule has 1 aliphatic heterocycles. The zero-order chi connectivity index (χ0) is 23.8. The number of nitrogens with one attached hydrogen (secondary N) is 2. The van der Waals surface area contributed by atoms with Gasteiger partial charge in [0.05, 0.1) is 38.1 Å². The number of urea groups is 1. The van der Waals surface area contributed by atoms with Gasteiger partial charge in [-0.2, -0.15) is 8.78 Å². The summed E-state index contributed by atoms with van der Waals surface area (Å²) in [7, 11) is 2.81. The van der Waals surface area contributed by atoms with E-state index >= 15 is 0 Å². The van der Waals surface area contributed by atoms with Crippen molar-refractivity contribution in [2.24, 2.45) is 0 Å². The highest BCUT2D eigenvalue weighted by atomic mass is 19.3. The lowest BCUT2D eigenvalue weighted by Gasteiger charge is -2.27. The molecule has 2 rings (SSSR count). The normalized spacial score (nSPS) is 15.5. The average molecular weight is 461 g/mol. The van der Waals surface area contributed by atoms with E-state index in [1.807, 2.05) is 12.2 Å². The minimum absolute atomic E-state index is 0.0342. The van der Waals surface area contributed by atoms with Gasteiger partial charge in [0, 0.05) is 20.1 Å². The van der Waals surface area contributed by atoms with Crippen molar-refractivity contribution in [1.29, 1.82) is 0 Å². The van der Waals surface area contributed by atoms with Crippen LogP contribution in [0.25, 0.3) is 0 Å². The highest BCUT2D eigenvalue weighted by Crippen LogP contribution is 2.28. The maximum atomic E-state index is 14.9. The molecule has 0 unspecified atom stereocenters. The lowest BCUT2D eigenvalue weighted by molar-refractivity contribution is -0.132. The molecular weight excluding hydrogens is 435 g/mol. The minimum atomic E-state index is -3.17. The number of hydrogen-bond acceptors (Lipinski definition) is 6. The number of cyclic esters (lactones) is 1. The Morgan fingerprint density at radius 3 is 2.62 bits per heavy atom. The van der Waals surface area contributed by atoms with Crippen molar-refractivity contribution < 1.29 is 37.1 Å². The molecule has 32 heavy (non-hydrogen) atoms. The zero-order valence-corrected chi connectivity index (χ0v) is 17.9. The van der Waals surface area contributed by atoms with Gasteiger partial charge in [-0.3, -0.25) is 14.5 Å². The monoisotopic (exact) mass is 461 g/mol. The maximum absolute atomic E-state index is 14.9. The Morgan fingerprint density at radius 1 is 1.34 bits per heavy atom. The number of carbonyl (C=O) groups excluding carboxylic acids is 3. The predicted octanol–water partition coefficient (Wildman–Crippen LogP) is 1.56. The summed E-state index contributed by atoms with van der Waals surface area (Å²) in [6.45, 7) is 2.41. The standard InChI is InChI=1S/C19H26F3N5O5/c1-4-25(7-8-27(31-3)18(29)23-2)15-6-5-12(9-14(15)20)26-11-13(32-19(26)30)10-24-17(28)16(21)22/h5-6,9,13,16H,4,7-8,10-11H2,1-3H3,(H,23,29)(H,24,28)/t13-/m0/s1. The van der Waals surface area contributed by atoms with Crippen molar-refractivity contribution in [2.45, 2.75) is 19.5 Å². The summed E-state index contributed by atoms with van der Waals surface area (Å²) >= 11 is 0. The average Bonchev–Trinajstić information content (AvgIpc) is 3.15. The molecule has 0 spiro atoms. The molecule has 1 aromatic rings. The van der Waals surface area contributed by atoms with Gasteiger partial charge in [-0.15, -0.1) is 0 Å². The van der Waals surface area contributed by atoms with E-state index in [1.54, 1.807) is 4.90 Å². The molecule has 1 aliphatic rings. The van der Waals surface area contributed by atoms with Crippen LogP contribution >= 0.6 is 0 Å². The number of nitrogens with zero attached hydrogens (tertiary/aromatic N) is 3. The predicted molar refractivity (Wildman–Crippen MR) is 109 cm³/mol. The Balaban J connectivity index is 2.04. The number of ether oxygens (including phenoxy) is 1. The molecule has 1 fully saturated rings. The van der Waals surface area contributed by atoms with Crippen LogP contribution in [0.2, 0.25) is 0 Å². The van der Waals surface area contributed by atoms with Crippen LogP contribution < -0.4 is 20.4 Å². The molecule has 0 bridgehead atoms. The summed E-state index contributed by atoms with van der Waals surface area (Å²) in [4.78, 5) is 42.6. The van der Waals surface area contributed by atoms with Gasteiger partial charge in [-0.1, -0.05) is 0 Å². The molecule has 1 heterocycles. The third-order valence-corrected chi connectivity index (χ3v) is 4.78. The van der Waals surface area contributed by atoms with E-state index in [-0.39, 0.29) is 37.6 Å². The molecular formula is C19H26F3N5O5.